The van der Waals surface area contributed by atoms with Gasteiger partial charge in [-0.15, -0.1) is 0 Å². The van der Waals surface area contributed by atoms with Gasteiger partial charge in [0, 0.05) is 5.54 Å². The van der Waals surface area contributed by atoms with Crippen LogP contribution in [0, 0.1) is 0 Å². The van der Waals surface area contributed by atoms with Crippen molar-refractivity contribution in [2.24, 2.45) is 0 Å². The molecule has 1 aliphatic carbocycles. The highest BCUT2D eigenvalue weighted by Crippen LogP contribution is 2.32. The maximum Gasteiger partial charge on any atom is 0.0968 e. The maximum absolute atomic E-state index is 10.5. The molecule has 0 aliphatic heterocycles. The first-order valence-corrected chi connectivity index (χ1v) is 6.40. The molecule has 2 rings (SSSR count). The molecule has 1 unspecified atom stereocenters. The van der Waals surface area contributed by atoms with E-state index in [1.807, 2.05) is 14.1 Å². The molecule has 0 heterocycles. The molecule has 0 radical (unpaired) electrons. The normalized spacial score (nSPS) is 17.3. The van der Waals surface area contributed by atoms with E-state index in [0.717, 1.165) is 12.0 Å². The van der Waals surface area contributed by atoms with Crippen molar-refractivity contribution < 1.29 is 5.11 Å². The van der Waals surface area contributed by atoms with Gasteiger partial charge in [0.15, 0.2) is 0 Å². The monoisotopic (exact) mass is 233 g/mol. The Bertz CT molecular complexity index is 409. The molecule has 17 heavy (non-hydrogen) atoms. The highest BCUT2D eigenvalue weighted by Gasteiger charge is 2.31. The van der Waals surface area contributed by atoms with E-state index in [-0.39, 0.29) is 5.54 Å². The molecule has 2 nitrogen and oxygen atoms in total. The molecule has 1 atom stereocenters. The molecule has 0 amide bonds. The summed E-state index contributed by atoms with van der Waals surface area (Å²) in [5.41, 5.74) is 3.69. The van der Waals surface area contributed by atoms with Crippen LogP contribution in [0.3, 0.4) is 0 Å². The number of benzene rings is 1. The van der Waals surface area contributed by atoms with Crippen LogP contribution in [-0.2, 0) is 12.8 Å². The summed E-state index contributed by atoms with van der Waals surface area (Å²) in [4.78, 5) is 2.07. The van der Waals surface area contributed by atoms with Crippen LogP contribution in [0.5, 0.6) is 0 Å². The van der Waals surface area contributed by atoms with E-state index in [0.29, 0.717) is 0 Å². The fraction of sp³-hybridized carbons (Fsp3) is 0.600. The maximum atomic E-state index is 10.5. The molecule has 2 heteroatoms. The number of fused-ring (bicyclic) bond motifs is 1. The molecule has 94 valence electrons. The summed E-state index contributed by atoms with van der Waals surface area (Å²) >= 11 is 0. The molecule has 0 fully saturated rings. The van der Waals surface area contributed by atoms with Gasteiger partial charge in [0.25, 0.3) is 0 Å². The van der Waals surface area contributed by atoms with E-state index in [9.17, 15) is 5.11 Å². The zero-order chi connectivity index (χ0) is 12.6. The summed E-state index contributed by atoms with van der Waals surface area (Å²) in [6.45, 7) is 4.15. The summed E-state index contributed by atoms with van der Waals surface area (Å²) in [5.74, 6) is 0. The van der Waals surface area contributed by atoms with Crippen molar-refractivity contribution in [2.45, 2.75) is 44.8 Å². The van der Waals surface area contributed by atoms with Crippen molar-refractivity contribution in [1.29, 1.82) is 0 Å². The third kappa shape index (κ3) is 2.24. The fourth-order valence-electron chi connectivity index (χ4n) is 2.41. The second-order valence-corrected chi connectivity index (χ2v) is 5.83. The van der Waals surface area contributed by atoms with Crippen LogP contribution in [0.15, 0.2) is 18.2 Å². The van der Waals surface area contributed by atoms with Gasteiger partial charge in [0.05, 0.1) is 6.10 Å². The van der Waals surface area contributed by atoms with E-state index in [1.54, 1.807) is 0 Å². The summed E-state index contributed by atoms with van der Waals surface area (Å²) in [5, 5.41) is 10.5. The summed E-state index contributed by atoms with van der Waals surface area (Å²) in [6.07, 6.45) is 3.18. The SMILES string of the molecule is CN(C)C(C)(C)C(O)c1ccc2c(c1)CCC2. The number of aliphatic hydroxyl groups excluding tert-OH is 1. The minimum atomic E-state index is -0.441. The Morgan fingerprint density at radius 3 is 2.47 bits per heavy atom. The summed E-state index contributed by atoms with van der Waals surface area (Å²) in [7, 11) is 4.02. The first-order chi connectivity index (χ1) is 7.93. The van der Waals surface area contributed by atoms with Gasteiger partial charge in [-0.2, -0.15) is 0 Å². The van der Waals surface area contributed by atoms with Gasteiger partial charge in [-0.25, -0.2) is 0 Å². The van der Waals surface area contributed by atoms with Crippen molar-refractivity contribution in [3.05, 3.63) is 34.9 Å². The lowest BCUT2D eigenvalue weighted by atomic mass is 9.89. The van der Waals surface area contributed by atoms with Crippen LogP contribution in [-0.4, -0.2) is 29.6 Å². The topological polar surface area (TPSA) is 23.5 Å². The Morgan fingerprint density at radius 1 is 1.18 bits per heavy atom. The second kappa shape index (κ2) is 4.43. The van der Waals surface area contributed by atoms with Crippen molar-refractivity contribution >= 4 is 0 Å². The number of hydrogen-bond donors (Lipinski definition) is 1. The number of hydrogen-bond acceptors (Lipinski definition) is 2. The van der Waals surface area contributed by atoms with E-state index in [4.69, 9.17) is 0 Å². The third-order valence-electron chi connectivity index (χ3n) is 4.26. The first kappa shape index (κ1) is 12.6. The number of nitrogens with zero attached hydrogens (tertiary/aromatic N) is 1. The average Bonchev–Trinajstić information content (AvgIpc) is 2.74. The zero-order valence-corrected chi connectivity index (χ0v) is 11.3. The van der Waals surface area contributed by atoms with Crippen LogP contribution in [0.4, 0.5) is 0 Å². The van der Waals surface area contributed by atoms with E-state index in [2.05, 4.69) is 36.9 Å². The molecule has 0 saturated carbocycles. The highest BCUT2D eigenvalue weighted by molar-refractivity contribution is 5.36. The Kier molecular flexibility index (Phi) is 3.28. The number of likely N-dealkylation sites (N-methyl/N-ethyl adjacent to an activating group) is 1. The number of aliphatic hydroxyl groups is 1. The molecule has 1 aromatic carbocycles. The molecule has 1 N–H and O–H groups in total. The molecule has 0 saturated heterocycles. The average molecular weight is 233 g/mol. The van der Waals surface area contributed by atoms with Crippen molar-refractivity contribution in [2.75, 3.05) is 14.1 Å². The quantitative estimate of drug-likeness (QED) is 0.867. The molecule has 1 aromatic rings. The van der Waals surface area contributed by atoms with E-state index in [1.165, 1.54) is 24.0 Å². The number of rotatable bonds is 3. The Balaban J connectivity index is 2.29. The molecular weight excluding hydrogens is 210 g/mol. The molecule has 0 bridgehead atoms. The minimum Gasteiger partial charge on any atom is -0.386 e. The lowest BCUT2D eigenvalue weighted by molar-refractivity contribution is 0.0164. The molecule has 0 aromatic heterocycles. The van der Waals surface area contributed by atoms with Gasteiger partial charge in [-0.1, -0.05) is 18.2 Å². The molecule has 0 spiro atoms. The lowest BCUT2D eigenvalue weighted by Crippen LogP contribution is -2.43. The van der Waals surface area contributed by atoms with Gasteiger partial charge in [-0.3, -0.25) is 0 Å². The number of aryl methyl sites for hydroxylation is 2. The minimum absolute atomic E-state index is 0.243. The third-order valence-corrected chi connectivity index (χ3v) is 4.26. The molecular formula is C15H23NO. The van der Waals surface area contributed by atoms with E-state index < -0.39 is 6.10 Å². The first-order valence-electron chi connectivity index (χ1n) is 6.40. The molecule has 1 aliphatic rings. The summed E-state index contributed by atoms with van der Waals surface area (Å²) in [6, 6.07) is 6.46. The highest BCUT2D eigenvalue weighted by atomic mass is 16.3. The predicted molar refractivity (Wildman–Crippen MR) is 71.2 cm³/mol. The van der Waals surface area contributed by atoms with Gasteiger partial charge in [0.2, 0.25) is 0 Å². The lowest BCUT2D eigenvalue weighted by Gasteiger charge is -2.37. The van der Waals surface area contributed by atoms with Crippen LogP contribution in [0.25, 0.3) is 0 Å². The van der Waals surface area contributed by atoms with Crippen molar-refractivity contribution in [3.8, 4) is 0 Å². The Hall–Kier alpha value is -0.860. The van der Waals surface area contributed by atoms with Gasteiger partial charge in [-0.05, 0) is 63.9 Å². The van der Waals surface area contributed by atoms with Crippen LogP contribution < -0.4 is 0 Å². The Morgan fingerprint density at radius 2 is 1.82 bits per heavy atom. The summed E-state index contributed by atoms with van der Waals surface area (Å²) < 4.78 is 0. The smallest absolute Gasteiger partial charge is 0.0968 e. The standard InChI is InChI=1S/C15H23NO/c1-15(2,16(3)4)14(17)13-9-8-11-6-5-7-12(11)10-13/h8-10,14,17H,5-7H2,1-4H3. The van der Waals surface area contributed by atoms with Crippen molar-refractivity contribution in [1.82, 2.24) is 4.90 Å². The largest absolute Gasteiger partial charge is 0.386 e. The van der Waals surface area contributed by atoms with Gasteiger partial charge < -0.3 is 10.0 Å². The Labute approximate surface area is 104 Å². The van der Waals surface area contributed by atoms with Gasteiger partial charge in [0.1, 0.15) is 0 Å². The van der Waals surface area contributed by atoms with Crippen LogP contribution >= 0.6 is 0 Å². The second-order valence-electron chi connectivity index (χ2n) is 5.83. The zero-order valence-electron chi connectivity index (χ0n) is 11.3. The van der Waals surface area contributed by atoms with Crippen LogP contribution in [0.2, 0.25) is 0 Å². The van der Waals surface area contributed by atoms with E-state index >= 15 is 0 Å². The fourth-order valence-corrected chi connectivity index (χ4v) is 2.41. The van der Waals surface area contributed by atoms with Gasteiger partial charge >= 0.3 is 0 Å². The predicted octanol–water partition coefficient (Wildman–Crippen LogP) is 2.55. The van der Waals surface area contributed by atoms with Crippen LogP contribution in [0.1, 0.15) is 43.1 Å². The van der Waals surface area contributed by atoms with Crippen molar-refractivity contribution in [3.63, 3.8) is 0 Å².